The third kappa shape index (κ3) is 2.63. The first-order valence-corrected chi connectivity index (χ1v) is 8.32. The van der Waals surface area contributed by atoms with E-state index in [1.807, 2.05) is 36.5 Å². The molecule has 0 radical (unpaired) electrons. The Bertz CT molecular complexity index is 952. The predicted octanol–water partition coefficient (Wildman–Crippen LogP) is 3.71. The van der Waals surface area contributed by atoms with E-state index in [2.05, 4.69) is 16.0 Å². The van der Waals surface area contributed by atoms with Gasteiger partial charge in [-0.05, 0) is 24.3 Å². The van der Waals surface area contributed by atoms with E-state index in [-0.39, 0.29) is 6.10 Å². The zero-order valence-electron chi connectivity index (χ0n) is 14.9. The molecule has 0 saturated carbocycles. The number of aliphatic imine (C=N–C) groups is 1. The fourth-order valence-corrected chi connectivity index (χ4v) is 3.25. The van der Waals surface area contributed by atoms with Gasteiger partial charge in [0.1, 0.15) is 6.10 Å². The highest BCUT2D eigenvalue weighted by molar-refractivity contribution is 6.06. The molecule has 2 aromatic carbocycles. The Labute approximate surface area is 151 Å². The van der Waals surface area contributed by atoms with Crippen molar-refractivity contribution in [2.24, 2.45) is 4.99 Å². The van der Waals surface area contributed by atoms with Gasteiger partial charge in [0.15, 0.2) is 11.5 Å². The average Bonchev–Trinajstić information content (AvgIpc) is 3.35. The molecule has 0 spiro atoms. The minimum absolute atomic E-state index is 0.205. The van der Waals surface area contributed by atoms with E-state index in [1.54, 1.807) is 21.3 Å². The van der Waals surface area contributed by atoms with E-state index in [0.29, 0.717) is 29.7 Å². The third-order valence-electron chi connectivity index (χ3n) is 4.53. The molecule has 0 saturated heterocycles. The van der Waals surface area contributed by atoms with Crippen molar-refractivity contribution in [1.29, 1.82) is 0 Å². The highest BCUT2D eigenvalue weighted by atomic mass is 16.5. The van der Waals surface area contributed by atoms with Crippen LogP contribution in [0.3, 0.4) is 0 Å². The lowest BCUT2D eigenvalue weighted by molar-refractivity contribution is 0.228. The van der Waals surface area contributed by atoms with Crippen LogP contribution in [0.5, 0.6) is 17.2 Å². The smallest absolute Gasteiger partial charge is 0.219 e. The fraction of sp³-hybridized carbons (Fsp3) is 0.250. The number of methoxy groups -OCH3 is 3. The minimum Gasteiger partial charge on any atom is -0.493 e. The summed E-state index contributed by atoms with van der Waals surface area (Å²) >= 11 is 0. The number of hydrogen-bond acceptors (Lipinski definition) is 5. The van der Waals surface area contributed by atoms with Crippen molar-refractivity contribution < 1.29 is 18.9 Å². The Morgan fingerprint density at radius 3 is 2.50 bits per heavy atom. The van der Waals surface area contributed by atoms with Gasteiger partial charge in [0.2, 0.25) is 11.6 Å². The van der Waals surface area contributed by atoms with Gasteiger partial charge in [-0.2, -0.15) is 0 Å². The van der Waals surface area contributed by atoms with Crippen LogP contribution in [0.1, 0.15) is 17.2 Å². The SMILES string of the molecule is COc1cc(C2CN=C(c3cccc4cc[nH]c34)O2)cc(OC)c1OC. The molecule has 1 N–H and O–H groups in total. The van der Waals surface area contributed by atoms with E-state index in [4.69, 9.17) is 18.9 Å². The summed E-state index contributed by atoms with van der Waals surface area (Å²) in [6.07, 6.45) is 1.71. The van der Waals surface area contributed by atoms with Crippen molar-refractivity contribution in [2.75, 3.05) is 27.9 Å². The predicted molar refractivity (Wildman–Crippen MR) is 99.6 cm³/mol. The molecule has 1 aliphatic rings. The summed E-state index contributed by atoms with van der Waals surface area (Å²) < 4.78 is 22.4. The molecule has 6 heteroatoms. The van der Waals surface area contributed by atoms with Gasteiger partial charge in [0.25, 0.3) is 0 Å². The topological polar surface area (TPSA) is 65.1 Å². The van der Waals surface area contributed by atoms with E-state index >= 15 is 0 Å². The number of H-pyrrole nitrogens is 1. The standard InChI is InChI=1S/C20H20N2O4/c1-23-15-9-13(10-16(24-2)19(15)25-3)17-11-22-20(26-17)14-6-4-5-12-7-8-21-18(12)14/h4-10,17,21H,11H2,1-3H3. The summed E-state index contributed by atoms with van der Waals surface area (Å²) in [6.45, 7) is 0.533. The number of nitrogens with zero attached hydrogens (tertiary/aromatic N) is 1. The van der Waals surface area contributed by atoms with Gasteiger partial charge in [-0.3, -0.25) is 0 Å². The molecule has 6 nitrogen and oxygen atoms in total. The highest BCUT2D eigenvalue weighted by Gasteiger charge is 2.26. The van der Waals surface area contributed by atoms with Crippen LogP contribution in [0.25, 0.3) is 10.9 Å². The first kappa shape index (κ1) is 16.3. The lowest BCUT2D eigenvalue weighted by Gasteiger charge is -2.17. The second-order valence-electron chi connectivity index (χ2n) is 5.96. The molecular weight excluding hydrogens is 332 g/mol. The van der Waals surface area contributed by atoms with Crippen LogP contribution in [-0.4, -0.2) is 38.8 Å². The molecule has 0 bridgehead atoms. The number of ether oxygens (including phenoxy) is 4. The molecule has 4 rings (SSSR count). The number of para-hydroxylation sites is 1. The van der Waals surface area contributed by atoms with Crippen molar-refractivity contribution in [3.05, 3.63) is 53.7 Å². The summed E-state index contributed by atoms with van der Waals surface area (Å²) in [7, 11) is 4.79. The average molecular weight is 352 g/mol. The molecule has 0 aliphatic carbocycles. The molecule has 134 valence electrons. The van der Waals surface area contributed by atoms with Crippen LogP contribution in [0.15, 0.2) is 47.6 Å². The number of rotatable bonds is 5. The second-order valence-corrected chi connectivity index (χ2v) is 5.96. The molecule has 3 aromatic rings. The Balaban J connectivity index is 1.65. The lowest BCUT2D eigenvalue weighted by Crippen LogP contribution is -2.08. The number of hydrogen-bond donors (Lipinski definition) is 1. The monoisotopic (exact) mass is 352 g/mol. The third-order valence-corrected chi connectivity index (χ3v) is 4.53. The van der Waals surface area contributed by atoms with Gasteiger partial charge >= 0.3 is 0 Å². The van der Waals surface area contributed by atoms with Gasteiger partial charge in [-0.1, -0.05) is 12.1 Å². The summed E-state index contributed by atoms with van der Waals surface area (Å²) in [4.78, 5) is 7.86. The number of aromatic amines is 1. The normalized spacial score (nSPS) is 16.3. The second kappa shape index (κ2) is 6.63. The van der Waals surface area contributed by atoms with Gasteiger partial charge in [-0.15, -0.1) is 0 Å². The maximum absolute atomic E-state index is 6.16. The van der Waals surface area contributed by atoms with Crippen molar-refractivity contribution in [2.45, 2.75) is 6.10 Å². The molecule has 1 aromatic heterocycles. The van der Waals surface area contributed by atoms with Crippen LogP contribution in [0.4, 0.5) is 0 Å². The molecule has 0 amide bonds. The summed E-state index contributed by atoms with van der Waals surface area (Å²) in [5, 5.41) is 1.13. The number of aromatic nitrogens is 1. The van der Waals surface area contributed by atoms with Crippen LogP contribution in [0.2, 0.25) is 0 Å². The fourth-order valence-electron chi connectivity index (χ4n) is 3.25. The number of benzene rings is 2. The van der Waals surface area contributed by atoms with Gasteiger partial charge in [0.05, 0.1) is 39.0 Å². The number of nitrogens with one attached hydrogen (secondary N) is 1. The maximum atomic E-state index is 6.16. The quantitative estimate of drug-likeness (QED) is 0.760. The largest absolute Gasteiger partial charge is 0.493 e. The van der Waals surface area contributed by atoms with Crippen molar-refractivity contribution in [3.63, 3.8) is 0 Å². The number of fused-ring (bicyclic) bond motifs is 1. The summed E-state index contributed by atoms with van der Waals surface area (Å²) in [5.41, 5.74) is 2.91. The first-order valence-electron chi connectivity index (χ1n) is 8.32. The zero-order chi connectivity index (χ0) is 18.1. The molecule has 0 fully saturated rings. The summed E-state index contributed by atoms with van der Waals surface area (Å²) in [6, 6.07) is 11.9. The molecule has 26 heavy (non-hydrogen) atoms. The minimum atomic E-state index is -0.205. The van der Waals surface area contributed by atoms with Crippen LogP contribution in [-0.2, 0) is 4.74 Å². The van der Waals surface area contributed by atoms with Crippen LogP contribution in [0, 0.1) is 0 Å². The van der Waals surface area contributed by atoms with Crippen molar-refractivity contribution >= 4 is 16.8 Å². The van der Waals surface area contributed by atoms with E-state index in [9.17, 15) is 0 Å². The zero-order valence-corrected chi connectivity index (χ0v) is 14.9. The molecule has 1 atom stereocenters. The van der Waals surface area contributed by atoms with Crippen molar-refractivity contribution in [3.8, 4) is 17.2 Å². The molecular formula is C20H20N2O4. The van der Waals surface area contributed by atoms with Crippen molar-refractivity contribution in [1.82, 2.24) is 4.98 Å². The van der Waals surface area contributed by atoms with E-state index in [0.717, 1.165) is 22.0 Å². The summed E-state index contributed by atoms with van der Waals surface area (Å²) in [5.74, 6) is 2.40. The van der Waals surface area contributed by atoms with Crippen LogP contribution < -0.4 is 14.2 Å². The maximum Gasteiger partial charge on any atom is 0.219 e. The first-order chi connectivity index (χ1) is 12.7. The van der Waals surface area contributed by atoms with Gasteiger partial charge in [-0.25, -0.2) is 4.99 Å². The highest BCUT2D eigenvalue weighted by Crippen LogP contribution is 2.41. The Hall–Kier alpha value is -3.15. The van der Waals surface area contributed by atoms with E-state index in [1.165, 1.54) is 0 Å². The van der Waals surface area contributed by atoms with Gasteiger partial charge in [0, 0.05) is 17.1 Å². The molecule has 2 heterocycles. The Morgan fingerprint density at radius 2 is 1.81 bits per heavy atom. The van der Waals surface area contributed by atoms with Crippen LogP contribution >= 0.6 is 0 Å². The lowest BCUT2D eigenvalue weighted by atomic mass is 10.1. The Morgan fingerprint density at radius 1 is 1.04 bits per heavy atom. The van der Waals surface area contributed by atoms with Gasteiger partial charge < -0.3 is 23.9 Å². The molecule has 1 aliphatic heterocycles. The van der Waals surface area contributed by atoms with E-state index < -0.39 is 0 Å². The Kier molecular flexibility index (Phi) is 4.16. The molecule has 1 unspecified atom stereocenters.